The Morgan fingerprint density at radius 1 is 1.38 bits per heavy atom. The Hall–Kier alpha value is -1.71. The van der Waals surface area contributed by atoms with Crippen molar-refractivity contribution in [2.75, 3.05) is 0 Å². The maximum atomic E-state index is 10.8. The third-order valence-electron chi connectivity index (χ3n) is 1.97. The number of fused-ring (bicyclic) bond motifs is 1. The summed E-state index contributed by atoms with van der Waals surface area (Å²) in [6, 6.07) is 7.12. The minimum Gasteiger partial charge on any atom is -0.478 e. The second-order valence-electron chi connectivity index (χ2n) is 2.77. The molecule has 0 bridgehead atoms. The molecule has 0 saturated carbocycles. The van der Waals surface area contributed by atoms with Crippen LogP contribution in [0.25, 0.3) is 10.9 Å². The second-order valence-corrected chi connectivity index (χ2v) is 2.77. The van der Waals surface area contributed by atoms with Gasteiger partial charge in [-0.2, -0.15) is 0 Å². The van der Waals surface area contributed by atoms with Crippen LogP contribution < -0.4 is 0 Å². The van der Waals surface area contributed by atoms with Crippen molar-refractivity contribution in [2.45, 2.75) is 0 Å². The molecule has 2 rings (SSSR count). The lowest BCUT2D eigenvalue weighted by Gasteiger charge is -1.93. The number of carbonyl (C=O) groups is 1. The largest absolute Gasteiger partial charge is 0.478 e. The molecule has 62 valence electrons. The van der Waals surface area contributed by atoms with Gasteiger partial charge in [0.25, 0.3) is 0 Å². The monoisotopic (exact) mass is 171 g/mol. The van der Waals surface area contributed by atoms with E-state index in [4.69, 9.17) is 13.1 Å². The van der Waals surface area contributed by atoms with E-state index in [-0.39, 0.29) is 5.56 Å². The van der Waals surface area contributed by atoms with Gasteiger partial charge in [-0.15, -0.1) is 0 Å². The fraction of sp³-hybridized carbons (Fsp3) is 0. The Morgan fingerprint density at radius 3 is 2.77 bits per heavy atom. The van der Waals surface area contributed by atoms with Crippen LogP contribution in [0.1, 0.15) is 10.4 Å². The zero-order valence-corrected chi connectivity index (χ0v) is 6.77. The van der Waals surface area contributed by atoms with Crippen LogP contribution in [0.3, 0.4) is 0 Å². The summed E-state index contributed by atoms with van der Waals surface area (Å²) in [5.41, 5.74) is 0.956. The fourth-order valence-electron chi connectivity index (χ4n) is 1.38. The van der Waals surface area contributed by atoms with Crippen molar-refractivity contribution in [3.05, 3.63) is 36.0 Å². The van der Waals surface area contributed by atoms with E-state index in [1.807, 2.05) is 6.07 Å². The van der Waals surface area contributed by atoms with Gasteiger partial charge in [0.15, 0.2) is 0 Å². The molecule has 3 nitrogen and oxygen atoms in total. The summed E-state index contributed by atoms with van der Waals surface area (Å²) in [5, 5.41) is 9.49. The van der Waals surface area contributed by atoms with Crippen LogP contribution in [0.15, 0.2) is 30.5 Å². The Balaban J connectivity index is 2.85. The highest BCUT2D eigenvalue weighted by molar-refractivity contribution is 6.15. The number of aromatic carboxylic acids is 1. The third kappa shape index (κ3) is 1.11. The highest BCUT2D eigenvalue weighted by atomic mass is 16.4. The molecule has 1 heterocycles. The van der Waals surface area contributed by atoms with Gasteiger partial charge in [0.05, 0.1) is 5.56 Å². The smallest absolute Gasteiger partial charge is 0.337 e. The van der Waals surface area contributed by atoms with Crippen molar-refractivity contribution in [2.24, 2.45) is 0 Å². The molecule has 1 N–H and O–H groups in total. The van der Waals surface area contributed by atoms with Gasteiger partial charge in [0.2, 0.25) is 7.98 Å². The number of carboxylic acid groups (broad SMARTS) is 1. The Morgan fingerprint density at radius 2 is 2.08 bits per heavy atom. The first kappa shape index (κ1) is 7.92. The van der Waals surface area contributed by atoms with Crippen LogP contribution in [0.2, 0.25) is 0 Å². The zero-order chi connectivity index (χ0) is 9.42. The van der Waals surface area contributed by atoms with Crippen molar-refractivity contribution in [1.82, 2.24) is 4.48 Å². The van der Waals surface area contributed by atoms with E-state index in [0.29, 0.717) is 5.39 Å². The fourth-order valence-corrected chi connectivity index (χ4v) is 1.38. The molecule has 0 unspecified atom stereocenters. The molecule has 0 amide bonds. The summed E-state index contributed by atoms with van der Waals surface area (Å²) >= 11 is 0. The van der Waals surface area contributed by atoms with E-state index in [9.17, 15) is 4.79 Å². The lowest BCUT2D eigenvalue weighted by atomic mass is 10.2. The summed E-state index contributed by atoms with van der Waals surface area (Å²) in [6.45, 7) is 0. The molecule has 4 heteroatoms. The summed E-state index contributed by atoms with van der Waals surface area (Å²) in [6.07, 6.45) is 1.41. The van der Waals surface area contributed by atoms with Gasteiger partial charge < -0.3 is 9.58 Å². The zero-order valence-electron chi connectivity index (χ0n) is 6.77. The summed E-state index contributed by atoms with van der Waals surface area (Å²) in [5.74, 6) is -0.958. The highest BCUT2D eigenvalue weighted by Crippen LogP contribution is 2.19. The van der Waals surface area contributed by atoms with Crippen molar-refractivity contribution >= 4 is 24.9 Å². The number of rotatable bonds is 1. The standard InChI is InChI=1S/C9H6BNO2/c10-11-5-7(9(12)13)6-3-1-2-4-8(6)11/h1-5H,(H,12,13). The Bertz CT molecular complexity index is 475. The minimum atomic E-state index is -0.958. The van der Waals surface area contributed by atoms with Crippen LogP contribution >= 0.6 is 0 Å². The van der Waals surface area contributed by atoms with Crippen molar-refractivity contribution < 1.29 is 9.90 Å². The van der Waals surface area contributed by atoms with Gasteiger partial charge in [-0.1, -0.05) is 18.2 Å². The number of nitrogens with zero attached hydrogens (tertiary/aromatic N) is 1. The second kappa shape index (κ2) is 2.66. The number of hydrogen-bond donors (Lipinski definition) is 1. The van der Waals surface area contributed by atoms with E-state index in [1.54, 1.807) is 18.2 Å². The summed E-state index contributed by atoms with van der Waals surface area (Å²) in [4.78, 5) is 10.8. The van der Waals surface area contributed by atoms with Crippen molar-refractivity contribution in [3.63, 3.8) is 0 Å². The van der Waals surface area contributed by atoms with Crippen LogP contribution in [-0.4, -0.2) is 23.5 Å². The predicted molar refractivity (Wildman–Crippen MR) is 50.0 cm³/mol. The van der Waals surface area contributed by atoms with Gasteiger partial charge in [0.1, 0.15) is 0 Å². The molecule has 0 fully saturated rings. The number of benzene rings is 1. The molecule has 0 atom stereocenters. The maximum Gasteiger partial charge on any atom is 0.337 e. The van der Waals surface area contributed by atoms with Crippen molar-refractivity contribution in [3.8, 4) is 0 Å². The lowest BCUT2D eigenvalue weighted by Crippen LogP contribution is -1.94. The van der Waals surface area contributed by atoms with E-state index in [1.165, 1.54) is 10.7 Å². The minimum absolute atomic E-state index is 0.234. The molecule has 0 saturated heterocycles. The molecule has 1 aromatic heterocycles. The molecule has 1 aromatic carbocycles. The summed E-state index contributed by atoms with van der Waals surface area (Å²) < 4.78 is 1.32. The molecule has 0 aliphatic rings. The molecule has 0 spiro atoms. The molecule has 2 aromatic rings. The predicted octanol–water partition coefficient (Wildman–Crippen LogP) is 1.27. The molecular weight excluding hydrogens is 165 g/mol. The normalized spacial score (nSPS) is 10.5. The topological polar surface area (TPSA) is 42.2 Å². The molecule has 0 aliphatic carbocycles. The average molecular weight is 171 g/mol. The van der Waals surface area contributed by atoms with E-state index in [0.717, 1.165) is 5.52 Å². The number of aromatic nitrogens is 1. The molecular formula is C9H6BNO2. The van der Waals surface area contributed by atoms with Gasteiger partial charge in [-0.3, -0.25) is 0 Å². The lowest BCUT2D eigenvalue weighted by molar-refractivity contribution is 0.0699. The molecule has 0 aliphatic heterocycles. The van der Waals surface area contributed by atoms with Gasteiger partial charge in [-0.05, 0) is 6.07 Å². The van der Waals surface area contributed by atoms with E-state index < -0.39 is 5.97 Å². The van der Waals surface area contributed by atoms with Crippen LogP contribution in [0.4, 0.5) is 0 Å². The van der Waals surface area contributed by atoms with Gasteiger partial charge >= 0.3 is 5.97 Å². The Kier molecular flexibility index (Phi) is 1.62. The number of hydrogen-bond acceptors (Lipinski definition) is 1. The van der Waals surface area contributed by atoms with E-state index >= 15 is 0 Å². The highest BCUT2D eigenvalue weighted by Gasteiger charge is 2.10. The first-order valence-corrected chi connectivity index (χ1v) is 3.78. The van der Waals surface area contributed by atoms with Crippen LogP contribution in [0, 0.1) is 0 Å². The SMILES string of the molecule is [B]n1cc(C(=O)O)c2ccccc21. The first-order valence-electron chi connectivity index (χ1n) is 3.78. The molecule has 13 heavy (non-hydrogen) atoms. The maximum absolute atomic E-state index is 10.8. The summed E-state index contributed by atoms with van der Waals surface area (Å²) in [7, 11) is 5.57. The number of para-hydroxylation sites is 1. The first-order chi connectivity index (χ1) is 6.20. The third-order valence-corrected chi connectivity index (χ3v) is 1.97. The van der Waals surface area contributed by atoms with Crippen LogP contribution in [0.5, 0.6) is 0 Å². The Labute approximate surface area is 76.0 Å². The average Bonchev–Trinajstić information content (AvgIpc) is 2.45. The number of carboxylic acids is 1. The van der Waals surface area contributed by atoms with E-state index in [2.05, 4.69) is 0 Å². The quantitative estimate of drug-likeness (QED) is 0.656. The van der Waals surface area contributed by atoms with Crippen molar-refractivity contribution in [1.29, 1.82) is 0 Å². The van der Waals surface area contributed by atoms with Crippen LogP contribution in [-0.2, 0) is 0 Å². The van der Waals surface area contributed by atoms with Gasteiger partial charge in [-0.25, -0.2) is 4.79 Å². The van der Waals surface area contributed by atoms with Gasteiger partial charge in [0, 0.05) is 17.1 Å². The molecule has 2 radical (unpaired) electrons.